The van der Waals surface area contributed by atoms with Gasteiger partial charge < -0.3 is 4.98 Å². The Balaban J connectivity index is 2.97. The Morgan fingerprint density at radius 3 is 2.47 bits per heavy atom. The molecule has 0 radical (unpaired) electrons. The molecule has 0 atom stereocenters. The van der Waals surface area contributed by atoms with E-state index in [2.05, 4.69) is 4.98 Å². The average Bonchev–Trinajstić information content (AvgIpc) is 2.26. The van der Waals surface area contributed by atoms with Crippen LogP contribution in [0.2, 0.25) is 0 Å². The van der Waals surface area contributed by atoms with Gasteiger partial charge in [0.25, 0.3) is 5.24 Å². The minimum atomic E-state index is -4.60. The Hall–Kier alpha value is -1.82. The number of halogens is 4. The number of para-hydroxylation sites is 1. The van der Waals surface area contributed by atoms with Crippen LogP contribution in [0, 0.1) is 6.92 Å². The summed E-state index contributed by atoms with van der Waals surface area (Å²) in [6, 6.07) is 3.18. The zero-order chi connectivity index (χ0) is 14.4. The maximum Gasteiger partial charge on any atom is 0.418 e. The number of nitrogens with one attached hydrogen (secondary N) is 1. The lowest BCUT2D eigenvalue weighted by Gasteiger charge is -2.11. The molecule has 1 heterocycles. The summed E-state index contributed by atoms with van der Waals surface area (Å²) in [5.74, 6) is 0. The molecule has 0 fully saturated rings. The summed E-state index contributed by atoms with van der Waals surface area (Å²) >= 11 is 5.26. The van der Waals surface area contributed by atoms with Crippen LogP contribution in [-0.2, 0) is 6.18 Å². The molecule has 0 unspecified atom stereocenters. The predicted octanol–water partition coefficient (Wildman–Crippen LogP) is 3.23. The predicted molar refractivity (Wildman–Crippen MR) is 64.5 cm³/mol. The van der Waals surface area contributed by atoms with Crippen molar-refractivity contribution in [1.82, 2.24) is 4.98 Å². The van der Waals surface area contributed by atoms with Crippen molar-refractivity contribution in [2.75, 3.05) is 0 Å². The summed E-state index contributed by atoms with van der Waals surface area (Å²) in [6.45, 7) is 1.32. The van der Waals surface area contributed by atoms with E-state index in [0.29, 0.717) is 0 Å². The fraction of sp³-hybridized carbons (Fsp3) is 0.167. The van der Waals surface area contributed by atoms with Crippen molar-refractivity contribution >= 4 is 27.7 Å². The molecule has 0 aliphatic carbocycles. The van der Waals surface area contributed by atoms with Gasteiger partial charge in [0, 0.05) is 11.1 Å². The molecule has 1 aromatic heterocycles. The van der Waals surface area contributed by atoms with Crippen molar-refractivity contribution in [1.29, 1.82) is 0 Å². The van der Waals surface area contributed by atoms with Gasteiger partial charge >= 0.3 is 6.18 Å². The van der Waals surface area contributed by atoms with Crippen LogP contribution in [0.25, 0.3) is 10.9 Å². The highest BCUT2D eigenvalue weighted by atomic mass is 35.5. The van der Waals surface area contributed by atoms with E-state index < -0.39 is 22.4 Å². The van der Waals surface area contributed by atoms with Crippen molar-refractivity contribution in [2.24, 2.45) is 0 Å². The van der Waals surface area contributed by atoms with E-state index in [1.807, 2.05) is 0 Å². The summed E-state index contributed by atoms with van der Waals surface area (Å²) in [5.41, 5.74) is -2.45. The normalized spacial score (nSPS) is 11.8. The Kier molecular flexibility index (Phi) is 3.14. The third-order valence-corrected chi connectivity index (χ3v) is 2.91. The largest absolute Gasteiger partial charge is 0.418 e. The van der Waals surface area contributed by atoms with Crippen molar-refractivity contribution < 1.29 is 18.0 Å². The Morgan fingerprint density at radius 1 is 1.32 bits per heavy atom. The molecule has 0 aliphatic rings. The molecular formula is C12H7ClF3NO2. The number of rotatable bonds is 1. The number of hydrogen-bond donors (Lipinski definition) is 1. The fourth-order valence-electron chi connectivity index (χ4n) is 1.90. The van der Waals surface area contributed by atoms with Crippen LogP contribution in [0.4, 0.5) is 13.2 Å². The van der Waals surface area contributed by atoms with Crippen LogP contribution in [0.15, 0.2) is 23.0 Å². The molecule has 19 heavy (non-hydrogen) atoms. The second kappa shape index (κ2) is 4.38. The van der Waals surface area contributed by atoms with Crippen LogP contribution in [0.5, 0.6) is 0 Å². The van der Waals surface area contributed by atoms with Gasteiger partial charge in [0.1, 0.15) is 5.56 Å². The third kappa shape index (κ3) is 2.23. The SMILES string of the molecule is Cc1[nH]c2c(C(F)(F)F)cccc2c(=O)c1C(=O)Cl. The summed E-state index contributed by atoms with van der Waals surface area (Å²) in [4.78, 5) is 25.5. The smallest absolute Gasteiger partial charge is 0.357 e. The number of pyridine rings is 1. The van der Waals surface area contributed by atoms with Crippen LogP contribution in [0.3, 0.4) is 0 Å². The van der Waals surface area contributed by atoms with Gasteiger partial charge in [-0.05, 0) is 30.7 Å². The zero-order valence-electron chi connectivity index (χ0n) is 9.56. The highest BCUT2D eigenvalue weighted by Crippen LogP contribution is 2.33. The number of alkyl halides is 3. The third-order valence-electron chi connectivity index (χ3n) is 2.73. The first-order valence-corrected chi connectivity index (χ1v) is 5.54. The van der Waals surface area contributed by atoms with Crippen LogP contribution in [0.1, 0.15) is 21.6 Å². The van der Waals surface area contributed by atoms with Gasteiger partial charge in [0.15, 0.2) is 0 Å². The van der Waals surface area contributed by atoms with E-state index in [0.717, 1.165) is 12.1 Å². The summed E-state index contributed by atoms with van der Waals surface area (Å²) in [6.07, 6.45) is -4.60. The van der Waals surface area contributed by atoms with Crippen molar-refractivity contribution in [3.05, 3.63) is 45.2 Å². The van der Waals surface area contributed by atoms with Gasteiger partial charge in [-0.2, -0.15) is 13.2 Å². The number of aryl methyl sites for hydroxylation is 1. The van der Waals surface area contributed by atoms with Crippen molar-refractivity contribution in [2.45, 2.75) is 13.1 Å². The molecule has 0 saturated carbocycles. The van der Waals surface area contributed by atoms with E-state index >= 15 is 0 Å². The molecule has 3 nitrogen and oxygen atoms in total. The highest BCUT2D eigenvalue weighted by Gasteiger charge is 2.33. The van der Waals surface area contributed by atoms with Gasteiger partial charge in [-0.15, -0.1) is 0 Å². The molecule has 0 aliphatic heterocycles. The van der Waals surface area contributed by atoms with Crippen molar-refractivity contribution in [3.8, 4) is 0 Å². The zero-order valence-corrected chi connectivity index (χ0v) is 10.3. The van der Waals surface area contributed by atoms with Gasteiger partial charge in [-0.25, -0.2) is 0 Å². The maximum absolute atomic E-state index is 12.8. The molecule has 0 amide bonds. The number of carbonyl (C=O) groups is 1. The van der Waals surface area contributed by atoms with Crippen LogP contribution >= 0.6 is 11.6 Å². The summed E-state index contributed by atoms with van der Waals surface area (Å²) in [7, 11) is 0. The quantitative estimate of drug-likeness (QED) is 0.819. The van der Waals surface area contributed by atoms with E-state index in [-0.39, 0.29) is 22.2 Å². The molecule has 0 spiro atoms. The van der Waals surface area contributed by atoms with E-state index in [9.17, 15) is 22.8 Å². The van der Waals surface area contributed by atoms with Crippen LogP contribution in [-0.4, -0.2) is 10.2 Å². The van der Waals surface area contributed by atoms with Crippen LogP contribution < -0.4 is 5.43 Å². The Bertz CT molecular complexity index is 734. The molecule has 0 bridgehead atoms. The summed E-state index contributed by atoms with van der Waals surface area (Å²) in [5, 5.41) is -1.22. The first-order chi connectivity index (χ1) is 8.73. The number of hydrogen-bond acceptors (Lipinski definition) is 2. The second-order valence-electron chi connectivity index (χ2n) is 3.95. The topological polar surface area (TPSA) is 49.9 Å². The monoisotopic (exact) mass is 289 g/mol. The molecule has 0 saturated heterocycles. The van der Waals surface area contributed by atoms with Gasteiger partial charge in [0.05, 0.1) is 11.1 Å². The lowest BCUT2D eigenvalue weighted by Crippen LogP contribution is -2.18. The summed E-state index contributed by atoms with van der Waals surface area (Å²) < 4.78 is 38.5. The fourth-order valence-corrected chi connectivity index (χ4v) is 2.13. The molecular weight excluding hydrogens is 283 g/mol. The average molecular weight is 290 g/mol. The number of fused-ring (bicyclic) bond motifs is 1. The molecule has 2 rings (SSSR count). The first kappa shape index (κ1) is 13.6. The van der Waals surface area contributed by atoms with Crippen molar-refractivity contribution in [3.63, 3.8) is 0 Å². The van der Waals surface area contributed by atoms with Gasteiger partial charge in [-0.3, -0.25) is 9.59 Å². The molecule has 2 aromatic rings. The Labute approximate surface area is 110 Å². The van der Waals surface area contributed by atoms with E-state index in [1.165, 1.54) is 13.0 Å². The molecule has 100 valence electrons. The van der Waals surface area contributed by atoms with Gasteiger partial charge in [-0.1, -0.05) is 6.07 Å². The molecule has 1 N–H and O–H groups in total. The Morgan fingerprint density at radius 2 is 1.95 bits per heavy atom. The number of aromatic nitrogens is 1. The number of aromatic amines is 1. The number of H-pyrrole nitrogens is 1. The van der Waals surface area contributed by atoms with Gasteiger partial charge in [0.2, 0.25) is 5.43 Å². The number of benzene rings is 1. The maximum atomic E-state index is 12.8. The minimum absolute atomic E-state index is 0.00852. The standard InChI is InChI=1S/C12H7ClF3NO2/c1-5-8(11(13)19)10(18)6-3-2-4-7(9(6)17-5)12(14,15)16/h2-4H,1H3,(H,17,18). The lowest BCUT2D eigenvalue weighted by atomic mass is 10.1. The second-order valence-corrected chi connectivity index (χ2v) is 4.30. The van der Waals surface area contributed by atoms with E-state index in [4.69, 9.17) is 11.6 Å². The molecule has 1 aromatic carbocycles. The lowest BCUT2D eigenvalue weighted by molar-refractivity contribution is -0.136. The number of carbonyl (C=O) groups excluding carboxylic acids is 1. The highest BCUT2D eigenvalue weighted by molar-refractivity contribution is 6.67. The molecule has 7 heteroatoms. The first-order valence-electron chi connectivity index (χ1n) is 5.16. The minimum Gasteiger partial charge on any atom is -0.357 e. The van der Waals surface area contributed by atoms with E-state index in [1.54, 1.807) is 0 Å².